The van der Waals surface area contributed by atoms with Gasteiger partial charge in [-0.15, -0.1) is 0 Å². The van der Waals surface area contributed by atoms with Gasteiger partial charge in [-0.05, 0) is 12.0 Å². The van der Waals surface area contributed by atoms with Crippen molar-refractivity contribution in [2.45, 2.75) is 31.1 Å². The zero-order valence-electron chi connectivity index (χ0n) is 11.5. The molecule has 3 rings (SSSR count). The number of rotatable bonds is 3. The van der Waals surface area contributed by atoms with E-state index in [1.54, 1.807) is 0 Å². The van der Waals surface area contributed by atoms with Gasteiger partial charge in [-0.3, -0.25) is 0 Å². The molecule has 0 aliphatic carbocycles. The zero-order valence-corrected chi connectivity index (χ0v) is 11.5. The Labute approximate surface area is 122 Å². The van der Waals surface area contributed by atoms with Gasteiger partial charge in [-0.1, -0.05) is 30.3 Å². The van der Waals surface area contributed by atoms with Crippen molar-refractivity contribution in [3.63, 3.8) is 0 Å². The lowest BCUT2D eigenvalue weighted by Crippen LogP contribution is -2.45. The number of carbonyl (C=O) groups is 2. The summed E-state index contributed by atoms with van der Waals surface area (Å²) in [5, 5.41) is 9.32. The molecule has 6 heteroatoms. The summed E-state index contributed by atoms with van der Waals surface area (Å²) in [5.74, 6) is -1.01. The summed E-state index contributed by atoms with van der Waals surface area (Å²) in [5.41, 5.74) is -0.355. The second kappa shape index (κ2) is 5.37. The molecular formula is C15H17NO5. The van der Waals surface area contributed by atoms with Crippen LogP contribution in [-0.4, -0.2) is 46.9 Å². The summed E-state index contributed by atoms with van der Waals surface area (Å²) in [6, 6.07) is 9.27. The summed E-state index contributed by atoms with van der Waals surface area (Å²) in [6.45, 7) is 0.601. The van der Waals surface area contributed by atoms with Gasteiger partial charge >= 0.3 is 12.1 Å². The van der Waals surface area contributed by atoms with E-state index < -0.39 is 17.7 Å². The molecule has 2 unspecified atom stereocenters. The molecule has 1 aromatic rings. The standard InChI is InChI=1S/C15H17NO5/c17-13(18)15-8-12(6-7-21-15)16(10-15)14(19)20-9-11-4-2-1-3-5-11/h1-5,12H,6-10H2,(H,17,18). The topological polar surface area (TPSA) is 76.1 Å². The number of hydrogen-bond acceptors (Lipinski definition) is 4. The lowest BCUT2D eigenvalue weighted by atomic mass is 9.96. The van der Waals surface area contributed by atoms with E-state index in [1.165, 1.54) is 4.90 Å². The van der Waals surface area contributed by atoms with Gasteiger partial charge in [0.25, 0.3) is 0 Å². The Kier molecular flexibility index (Phi) is 3.55. The van der Waals surface area contributed by atoms with E-state index in [4.69, 9.17) is 9.47 Å². The largest absolute Gasteiger partial charge is 0.479 e. The van der Waals surface area contributed by atoms with E-state index in [-0.39, 0.29) is 19.2 Å². The minimum Gasteiger partial charge on any atom is -0.479 e. The molecule has 2 aliphatic heterocycles. The van der Waals surface area contributed by atoms with Crippen LogP contribution in [0.2, 0.25) is 0 Å². The van der Waals surface area contributed by atoms with Gasteiger partial charge < -0.3 is 19.5 Å². The van der Waals surface area contributed by atoms with Crippen LogP contribution in [0.25, 0.3) is 0 Å². The monoisotopic (exact) mass is 291 g/mol. The quantitative estimate of drug-likeness (QED) is 0.916. The fourth-order valence-corrected chi connectivity index (χ4v) is 2.94. The Morgan fingerprint density at radius 1 is 1.38 bits per heavy atom. The number of aliphatic carboxylic acids is 1. The minimum absolute atomic E-state index is 0.0562. The molecule has 112 valence electrons. The number of benzene rings is 1. The highest BCUT2D eigenvalue weighted by Crippen LogP contribution is 2.37. The molecule has 0 aromatic heterocycles. The summed E-state index contributed by atoms with van der Waals surface area (Å²) in [4.78, 5) is 25.0. The van der Waals surface area contributed by atoms with E-state index in [1.807, 2.05) is 30.3 Å². The van der Waals surface area contributed by atoms with Crippen molar-refractivity contribution in [3.8, 4) is 0 Å². The molecule has 1 amide bonds. The van der Waals surface area contributed by atoms with Gasteiger partial charge in [0.1, 0.15) is 6.61 Å². The predicted octanol–water partition coefficient (Wildman–Crippen LogP) is 1.64. The number of carboxylic acids is 1. The fourth-order valence-electron chi connectivity index (χ4n) is 2.94. The molecule has 0 saturated carbocycles. The number of amides is 1. The van der Waals surface area contributed by atoms with Crippen molar-refractivity contribution in [2.24, 2.45) is 0 Å². The van der Waals surface area contributed by atoms with Crippen molar-refractivity contribution < 1.29 is 24.2 Å². The Morgan fingerprint density at radius 3 is 2.81 bits per heavy atom. The highest BCUT2D eigenvalue weighted by atomic mass is 16.6. The van der Waals surface area contributed by atoms with Crippen LogP contribution in [0.4, 0.5) is 4.79 Å². The maximum absolute atomic E-state index is 12.2. The lowest BCUT2D eigenvalue weighted by Gasteiger charge is -2.27. The minimum atomic E-state index is -1.26. The third kappa shape index (κ3) is 2.58. The molecule has 2 heterocycles. The number of ether oxygens (including phenoxy) is 2. The van der Waals surface area contributed by atoms with E-state index >= 15 is 0 Å². The van der Waals surface area contributed by atoms with Crippen LogP contribution in [0, 0.1) is 0 Å². The molecule has 2 saturated heterocycles. The summed E-state index contributed by atoms with van der Waals surface area (Å²) >= 11 is 0. The van der Waals surface area contributed by atoms with Crippen molar-refractivity contribution in [2.75, 3.05) is 13.2 Å². The third-order valence-corrected chi connectivity index (χ3v) is 4.09. The molecule has 2 fully saturated rings. The number of carboxylic acid groups (broad SMARTS) is 1. The Balaban J connectivity index is 1.64. The normalized spacial score (nSPS) is 27.4. The van der Waals surface area contributed by atoms with Crippen molar-refractivity contribution in [1.29, 1.82) is 0 Å². The highest BCUT2D eigenvalue weighted by molar-refractivity contribution is 5.81. The van der Waals surface area contributed by atoms with Crippen LogP contribution in [0.3, 0.4) is 0 Å². The molecule has 0 radical (unpaired) electrons. The molecule has 0 spiro atoms. The van der Waals surface area contributed by atoms with Gasteiger partial charge in [-0.2, -0.15) is 0 Å². The fraction of sp³-hybridized carbons (Fsp3) is 0.467. The second-order valence-electron chi connectivity index (χ2n) is 5.46. The Morgan fingerprint density at radius 2 is 2.14 bits per heavy atom. The SMILES string of the molecule is O=C(OCc1ccccc1)N1CC2(C(=O)O)CC1CCO2. The molecule has 6 nitrogen and oxygen atoms in total. The molecule has 2 bridgehead atoms. The van der Waals surface area contributed by atoms with Crippen molar-refractivity contribution in [3.05, 3.63) is 35.9 Å². The van der Waals surface area contributed by atoms with Crippen LogP contribution in [0.1, 0.15) is 18.4 Å². The highest BCUT2D eigenvalue weighted by Gasteiger charge is 2.55. The maximum atomic E-state index is 12.2. The summed E-state index contributed by atoms with van der Waals surface area (Å²) in [6.07, 6.45) is 0.510. The number of carbonyl (C=O) groups excluding carboxylic acids is 1. The lowest BCUT2D eigenvalue weighted by molar-refractivity contribution is -0.166. The first-order valence-electron chi connectivity index (χ1n) is 6.95. The van der Waals surface area contributed by atoms with Gasteiger partial charge in [-0.25, -0.2) is 9.59 Å². The number of likely N-dealkylation sites (tertiary alicyclic amines) is 1. The van der Waals surface area contributed by atoms with E-state index in [2.05, 4.69) is 0 Å². The van der Waals surface area contributed by atoms with E-state index in [9.17, 15) is 14.7 Å². The van der Waals surface area contributed by atoms with Crippen LogP contribution < -0.4 is 0 Å². The number of hydrogen-bond donors (Lipinski definition) is 1. The van der Waals surface area contributed by atoms with Crippen LogP contribution >= 0.6 is 0 Å². The maximum Gasteiger partial charge on any atom is 0.410 e. The first-order valence-corrected chi connectivity index (χ1v) is 6.95. The zero-order chi connectivity index (χ0) is 14.9. The van der Waals surface area contributed by atoms with Crippen molar-refractivity contribution in [1.82, 2.24) is 4.90 Å². The molecular weight excluding hydrogens is 274 g/mol. The molecule has 2 atom stereocenters. The molecule has 21 heavy (non-hydrogen) atoms. The number of fused-ring (bicyclic) bond motifs is 2. The third-order valence-electron chi connectivity index (χ3n) is 4.09. The number of nitrogens with zero attached hydrogens (tertiary/aromatic N) is 1. The van der Waals surface area contributed by atoms with Crippen LogP contribution in [0.15, 0.2) is 30.3 Å². The van der Waals surface area contributed by atoms with Gasteiger partial charge in [0.15, 0.2) is 5.60 Å². The summed E-state index contributed by atoms with van der Waals surface area (Å²) < 4.78 is 10.7. The second-order valence-corrected chi connectivity index (χ2v) is 5.46. The first kappa shape index (κ1) is 13.9. The Bertz CT molecular complexity index is 546. The average Bonchev–Trinajstić information content (AvgIpc) is 2.78. The predicted molar refractivity (Wildman–Crippen MR) is 72.7 cm³/mol. The smallest absolute Gasteiger partial charge is 0.410 e. The van der Waals surface area contributed by atoms with Crippen molar-refractivity contribution >= 4 is 12.1 Å². The molecule has 2 aliphatic rings. The van der Waals surface area contributed by atoms with Crippen LogP contribution in [0.5, 0.6) is 0 Å². The van der Waals surface area contributed by atoms with E-state index in [0.717, 1.165) is 5.56 Å². The van der Waals surface area contributed by atoms with E-state index in [0.29, 0.717) is 19.4 Å². The van der Waals surface area contributed by atoms with Gasteiger partial charge in [0.2, 0.25) is 0 Å². The van der Waals surface area contributed by atoms with Crippen LogP contribution in [-0.2, 0) is 20.9 Å². The summed E-state index contributed by atoms with van der Waals surface area (Å²) in [7, 11) is 0. The first-order chi connectivity index (χ1) is 10.1. The molecule has 1 N–H and O–H groups in total. The van der Waals surface area contributed by atoms with Gasteiger partial charge in [0, 0.05) is 12.5 Å². The average molecular weight is 291 g/mol. The molecule has 1 aromatic carbocycles. The van der Waals surface area contributed by atoms with Gasteiger partial charge in [0.05, 0.1) is 13.2 Å². The Hall–Kier alpha value is -2.08.